The molecule has 3 atom stereocenters. The van der Waals surface area contributed by atoms with Crippen LogP contribution in [-0.4, -0.2) is 64.1 Å². The van der Waals surface area contributed by atoms with Gasteiger partial charge in [0.05, 0.1) is 11.9 Å². The third-order valence-electron chi connectivity index (χ3n) is 8.76. The second-order valence-electron chi connectivity index (χ2n) is 13.6. The molecule has 3 aromatic carbocycles. The van der Waals surface area contributed by atoms with Crippen LogP contribution in [0.1, 0.15) is 61.1 Å². The first-order chi connectivity index (χ1) is 23.4. The lowest BCUT2D eigenvalue weighted by Crippen LogP contribution is -2.62. The van der Waals surface area contributed by atoms with Gasteiger partial charge in [0.25, 0.3) is 10.0 Å². The average Bonchev–Trinajstić information content (AvgIpc) is 3.43. The number of cyclic esters (lactones) is 1. The number of benzene rings is 3. The van der Waals surface area contributed by atoms with Gasteiger partial charge in [0.15, 0.2) is 11.6 Å². The zero-order valence-corrected chi connectivity index (χ0v) is 29.2. The lowest BCUT2D eigenvalue weighted by molar-refractivity contribution is -0.127. The molecule has 1 aliphatic carbocycles. The number of hydrogen-bond acceptors (Lipinski definition) is 10. The van der Waals surface area contributed by atoms with Crippen molar-refractivity contribution in [2.24, 2.45) is 15.7 Å². The zero-order chi connectivity index (χ0) is 36.2. The third kappa shape index (κ3) is 6.47. The molecule has 0 bridgehead atoms. The van der Waals surface area contributed by atoms with Gasteiger partial charge < -0.3 is 15.4 Å². The van der Waals surface area contributed by atoms with Gasteiger partial charge in [0.1, 0.15) is 34.8 Å². The monoisotopic (exact) mass is 721 g/mol. The number of rotatable bonds is 7. The van der Waals surface area contributed by atoms with Crippen molar-refractivity contribution in [2.75, 3.05) is 22.9 Å². The summed E-state index contributed by atoms with van der Waals surface area (Å²) in [6.45, 7) is 5.71. The SMILES string of the molecule is CC(C)(C)CCC1(NC(=O)N2C(=O)OC[C@H]2c2ccccc2)C(=O)C(C2=NS(=O)(=O)c3cc(NS(C)(=O)=O)ccc3N2)C(=O)c2ccccc21. The summed E-state index contributed by atoms with van der Waals surface area (Å²) in [6.07, 6.45) is 0.333. The summed E-state index contributed by atoms with van der Waals surface area (Å²) < 4.78 is 61.9. The Morgan fingerprint density at radius 3 is 2.40 bits per heavy atom. The van der Waals surface area contributed by atoms with Gasteiger partial charge in [-0.05, 0) is 47.6 Å². The summed E-state index contributed by atoms with van der Waals surface area (Å²) in [5.74, 6) is -3.88. The fourth-order valence-electron chi connectivity index (χ4n) is 6.37. The fraction of sp³-hybridized carbons (Fsp3) is 0.324. The average molecular weight is 722 g/mol. The first-order valence-electron chi connectivity index (χ1n) is 15.7. The highest BCUT2D eigenvalue weighted by molar-refractivity contribution is 7.92. The summed E-state index contributed by atoms with van der Waals surface area (Å²) in [5.41, 5.74) is -1.47. The Morgan fingerprint density at radius 1 is 1.04 bits per heavy atom. The van der Waals surface area contributed by atoms with Crippen molar-refractivity contribution in [1.29, 1.82) is 0 Å². The molecule has 14 nitrogen and oxygen atoms in total. The molecule has 3 N–H and O–H groups in total. The smallest absolute Gasteiger partial charge is 0.418 e. The van der Waals surface area contributed by atoms with E-state index in [0.29, 0.717) is 12.0 Å². The zero-order valence-electron chi connectivity index (χ0n) is 27.6. The van der Waals surface area contributed by atoms with E-state index in [0.717, 1.165) is 17.2 Å². The molecule has 16 heteroatoms. The number of sulfonamides is 2. The molecule has 2 aliphatic heterocycles. The highest BCUT2D eigenvalue weighted by Crippen LogP contribution is 2.43. The molecule has 1 saturated heterocycles. The van der Waals surface area contributed by atoms with Crippen LogP contribution in [0.3, 0.4) is 0 Å². The number of nitrogens with zero attached hydrogens (tertiary/aromatic N) is 2. The molecule has 0 radical (unpaired) electrons. The number of carbonyl (C=O) groups is 4. The highest BCUT2D eigenvalue weighted by Gasteiger charge is 2.56. The van der Waals surface area contributed by atoms with E-state index >= 15 is 0 Å². The van der Waals surface area contributed by atoms with Gasteiger partial charge in [-0.1, -0.05) is 75.4 Å². The first-order valence-corrected chi connectivity index (χ1v) is 19.0. The normalized spacial score (nSPS) is 22.8. The van der Waals surface area contributed by atoms with Gasteiger partial charge in [-0.3, -0.25) is 14.3 Å². The van der Waals surface area contributed by atoms with E-state index in [4.69, 9.17) is 4.74 Å². The van der Waals surface area contributed by atoms with Crippen molar-refractivity contribution >= 4 is 60.9 Å². The molecule has 262 valence electrons. The van der Waals surface area contributed by atoms with E-state index in [-0.39, 0.29) is 45.8 Å². The van der Waals surface area contributed by atoms with Crippen LogP contribution >= 0.6 is 0 Å². The molecule has 1 fully saturated rings. The molecular formula is C34H35N5O9S2. The Balaban J connectivity index is 1.46. The quantitative estimate of drug-likeness (QED) is 0.291. The van der Waals surface area contributed by atoms with Crippen LogP contribution in [0.2, 0.25) is 0 Å². The molecule has 2 unspecified atom stereocenters. The number of anilines is 2. The largest absolute Gasteiger partial charge is 0.446 e. The Labute approximate surface area is 289 Å². The summed E-state index contributed by atoms with van der Waals surface area (Å²) in [7, 11) is -8.30. The number of ketones is 2. The lowest BCUT2D eigenvalue weighted by atomic mass is 9.66. The second kappa shape index (κ2) is 12.4. The number of amides is 3. The molecule has 50 heavy (non-hydrogen) atoms. The van der Waals surface area contributed by atoms with E-state index in [9.17, 15) is 36.0 Å². The van der Waals surface area contributed by atoms with Gasteiger partial charge in [-0.15, -0.1) is 4.40 Å². The van der Waals surface area contributed by atoms with Crippen LogP contribution < -0.4 is 15.4 Å². The Morgan fingerprint density at radius 2 is 1.72 bits per heavy atom. The lowest BCUT2D eigenvalue weighted by Gasteiger charge is -2.43. The van der Waals surface area contributed by atoms with Crippen LogP contribution in [0.5, 0.6) is 0 Å². The Kier molecular flexibility index (Phi) is 8.59. The van der Waals surface area contributed by atoms with E-state index in [1.807, 2.05) is 20.8 Å². The molecule has 0 saturated carbocycles. The van der Waals surface area contributed by atoms with Gasteiger partial charge in [0.2, 0.25) is 10.0 Å². The molecule has 3 aliphatic rings. The number of ether oxygens (including phenoxy) is 1. The topological polar surface area (TPSA) is 197 Å². The minimum atomic E-state index is -4.57. The molecule has 0 aromatic heterocycles. The van der Waals surface area contributed by atoms with Crippen molar-refractivity contribution < 1.29 is 40.8 Å². The molecular weight excluding hydrogens is 687 g/mol. The predicted molar refractivity (Wildman–Crippen MR) is 184 cm³/mol. The summed E-state index contributed by atoms with van der Waals surface area (Å²) in [4.78, 5) is 56.9. The number of imide groups is 1. The van der Waals surface area contributed by atoms with Crippen molar-refractivity contribution in [1.82, 2.24) is 10.2 Å². The number of nitrogens with one attached hydrogen (secondary N) is 3. The van der Waals surface area contributed by atoms with E-state index < -0.39 is 67.1 Å². The first kappa shape index (κ1) is 34.8. The van der Waals surface area contributed by atoms with Crippen LogP contribution in [0.4, 0.5) is 21.0 Å². The van der Waals surface area contributed by atoms with Gasteiger partial charge >= 0.3 is 12.1 Å². The van der Waals surface area contributed by atoms with E-state index in [1.165, 1.54) is 18.2 Å². The Hall–Kier alpha value is -5.09. The maximum atomic E-state index is 15.0. The molecule has 2 heterocycles. The van der Waals surface area contributed by atoms with Crippen LogP contribution in [0, 0.1) is 11.3 Å². The number of Topliss-reactive ketones (excluding diaryl/α,β-unsaturated/α-hetero) is 2. The molecule has 3 aromatic rings. The van der Waals surface area contributed by atoms with Gasteiger partial charge in [-0.25, -0.2) is 22.9 Å². The van der Waals surface area contributed by atoms with Crippen molar-refractivity contribution in [3.05, 3.63) is 89.5 Å². The third-order valence-corrected chi connectivity index (χ3v) is 10.7. The van der Waals surface area contributed by atoms with Crippen molar-refractivity contribution in [3.8, 4) is 0 Å². The van der Waals surface area contributed by atoms with Crippen LogP contribution in [-0.2, 0) is 35.1 Å². The van der Waals surface area contributed by atoms with E-state index in [1.54, 1.807) is 48.5 Å². The molecule has 6 rings (SSSR count). The minimum Gasteiger partial charge on any atom is -0.446 e. The summed E-state index contributed by atoms with van der Waals surface area (Å²) in [6, 6.07) is 17.0. The fourth-order valence-corrected chi connectivity index (χ4v) is 8.11. The number of hydrogen-bond donors (Lipinski definition) is 3. The van der Waals surface area contributed by atoms with E-state index in [2.05, 4.69) is 19.8 Å². The summed E-state index contributed by atoms with van der Waals surface area (Å²) in [5, 5.41) is 5.64. The molecule has 0 spiro atoms. The van der Waals surface area contributed by atoms with Crippen molar-refractivity contribution in [3.63, 3.8) is 0 Å². The maximum Gasteiger partial charge on any atom is 0.418 e. The summed E-state index contributed by atoms with van der Waals surface area (Å²) >= 11 is 0. The predicted octanol–water partition coefficient (Wildman–Crippen LogP) is 4.58. The Bertz CT molecular complexity index is 2180. The number of urea groups is 1. The number of carbonyl (C=O) groups excluding carboxylic acids is 4. The standard InChI is InChI=1S/C34H35N5O9S2/c1-33(2,3)16-17-34(36-31(42)39-25(19-48-32(39)43)20-10-6-5-7-11-20)23-13-9-8-12-22(23)28(40)27(29(34)41)30-35-24-15-14-21(37-49(4,44)45)18-26(24)50(46,47)38-30/h5-15,18,25,27,37H,16-17,19H2,1-4H3,(H,35,38)(H,36,42)/t25-,27?,34?/m0/s1. The van der Waals surface area contributed by atoms with Gasteiger partial charge in [-0.2, -0.15) is 8.42 Å². The minimum absolute atomic E-state index is 0.0160. The van der Waals surface area contributed by atoms with Gasteiger partial charge in [0, 0.05) is 11.3 Å². The number of fused-ring (bicyclic) bond motifs is 2. The maximum absolute atomic E-state index is 15.0. The van der Waals surface area contributed by atoms with Crippen LogP contribution in [0.15, 0.2) is 82.1 Å². The number of amidine groups is 1. The van der Waals surface area contributed by atoms with Crippen molar-refractivity contribution in [2.45, 2.75) is 50.1 Å². The highest BCUT2D eigenvalue weighted by atomic mass is 32.2. The second-order valence-corrected chi connectivity index (χ2v) is 17.0. The molecule has 3 amide bonds. The van der Waals surface area contributed by atoms with Crippen LogP contribution in [0.25, 0.3) is 0 Å².